The van der Waals surface area contributed by atoms with Crippen molar-refractivity contribution in [3.05, 3.63) is 58.3 Å². The molecule has 2 aromatic rings. The maximum atomic E-state index is 13.7. The van der Waals surface area contributed by atoms with Crippen molar-refractivity contribution in [1.82, 2.24) is 0 Å². The molecule has 0 aliphatic heterocycles. The van der Waals surface area contributed by atoms with E-state index in [9.17, 15) is 9.50 Å². The van der Waals surface area contributed by atoms with E-state index in [1.165, 1.54) is 13.2 Å². The number of hydrogen-bond donors (Lipinski definition) is 1. The van der Waals surface area contributed by atoms with E-state index < -0.39 is 0 Å². The molecule has 0 aliphatic rings. The third-order valence-corrected chi connectivity index (χ3v) is 3.68. The van der Waals surface area contributed by atoms with Crippen molar-refractivity contribution in [3.8, 4) is 5.75 Å². The Kier molecular flexibility index (Phi) is 5.59. The molecule has 0 bridgehead atoms. The average Bonchev–Trinajstić information content (AvgIpc) is 2.48. The number of aliphatic hydroxyl groups is 1. The highest BCUT2D eigenvalue weighted by molar-refractivity contribution is 9.10. The Balaban J connectivity index is 2.19. The molecule has 2 aromatic carbocycles. The van der Waals surface area contributed by atoms with Gasteiger partial charge in [0.25, 0.3) is 0 Å². The zero-order valence-corrected chi connectivity index (χ0v) is 13.3. The van der Waals surface area contributed by atoms with Crippen molar-refractivity contribution in [3.63, 3.8) is 0 Å². The Hall–Kier alpha value is -1.59. The largest absolute Gasteiger partial charge is 0.494 e. The predicted octanol–water partition coefficient (Wildman–Crippen LogP) is 3.60. The quantitative estimate of drug-likeness (QED) is 0.861. The topological polar surface area (TPSA) is 32.7 Å². The fourth-order valence-electron chi connectivity index (χ4n) is 2.10. The lowest BCUT2D eigenvalue weighted by molar-refractivity contribution is 0.301. The van der Waals surface area contributed by atoms with Gasteiger partial charge in [-0.15, -0.1) is 0 Å². The number of methoxy groups -OCH3 is 1. The Morgan fingerprint density at radius 1 is 1.19 bits per heavy atom. The third-order valence-electron chi connectivity index (χ3n) is 3.15. The molecule has 112 valence electrons. The van der Waals surface area contributed by atoms with Crippen molar-refractivity contribution in [2.24, 2.45) is 0 Å². The van der Waals surface area contributed by atoms with Gasteiger partial charge in [0.1, 0.15) is 0 Å². The van der Waals surface area contributed by atoms with E-state index in [2.05, 4.69) is 15.9 Å². The molecule has 0 heterocycles. The summed E-state index contributed by atoms with van der Waals surface area (Å²) in [6.07, 6.45) is 0. The predicted molar refractivity (Wildman–Crippen MR) is 85.2 cm³/mol. The van der Waals surface area contributed by atoms with E-state index in [-0.39, 0.29) is 18.2 Å². The van der Waals surface area contributed by atoms with Gasteiger partial charge >= 0.3 is 0 Å². The van der Waals surface area contributed by atoms with Gasteiger partial charge in [-0.2, -0.15) is 0 Å². The molecule has 1 N–H and O–H groups in total. The van der Waals surface area contributed by atoms with Gasteiger partial charge in [-0.25, -0.2) is 4.39 Å². The first-order chi connectivity index (χ1) is 10.1. The van der Waals surface area contributed by atoms with Crippen LogP contribution in [-0.2, 0) is 6.54 Å². The molecule has 0 radical (unpaired) electrons. The summed E-state index contributed by atoms with van der Waals surface area (Å²) in [6, 6.07) is 12.7. The number of benzene rings is 2. The number of ether oxygens (including phenoxy) is 1. The van der Waals surface area contributed by atoms with Gasteiger partial charge in [0.05, 0.1) is 13.7 Å². The minimum absolute atomic E-state index is 0.0364. The molecule has 21 heavy (non-hydrogen) atoms. The van der Waals surface area contributed by atoms with Crippen LogP contribution in [0.5, 0.6) is 5.75 Å². The van der Waals surface area contributed by atoms with E-state index in [4.69, 9.17) is 4.74 Å². The number of rotatable bonds is 6. The number of aliphatic hydroxyl groups excluding tert-OH is 1. The smallest absolute Gasteiger partial charge is 0.165 e. The van der Waals surface area contributed by atoms with E-state index in [0.717, 1.165) is 15.7 Å². The highest BCUT2D eigenvalue weighted by Crippen LogP contribution is 2.22. The van der Waals surface area contributed by atoms with Crippen molar-refractivity contribution in [2.45, 2.75) is 6.54 Å². The first kappa shape index (κ1) is 15.8. The molecule has 0 unspecified atom stereocenters. The lowest BCUT2D eigenvalue weighted by Crippen LogP contribution is -2.26. The molecular weight excluding hydrogens is 337 g/mol. The second-order valence-corrected chi connectivity index (χ2v) is 5.51. The Morgan fingerprint density at radius 2 is 1.90 bits per heavy atom. The number of hydrogen-bond acceptors (Lipinski definition) is 3. The highest BCUT2D eigenvalue weighted by Gasteiger charge is 2.09. The van der Waals surface area contributed by atoms with Crippen LogP contribution in [0.2, 0.25) is 0 Å². The Labute approximate surface area is 132 Å². The molecule has 0 aliphatic carbocycles. The van der Waals surface area contributed by atoms with Crippen molar-refractivity contribution >= 4 is 21.6 Å². The summed E-state index contributed by atoms with van der Waals surface area (Å²) in [5, 5.41) is 9.22. The minimum Gasteiger partial charge on any atom is -0.494 e. The van der Waals surface area contributed by atoms with Crippen LogP contribution in [-0.4, -0.2) is 25.4 Å². The van der Waals surface area contributed by atoms with Gasteiger partial charge in [0.15, 0.2) is 11.6 Å². The van der Waals surface area contributed by atoms with Gasteiger partial charge in [-0.3, -0.25) is 0 Å². The maximum absolute atomic E-state index is 13.7. The van der Waals surface area contributed by atoms with Crippen LogP contribution in [0.15, 0.2) is 46.9 Å². The summed E-state index contributed by atoms with van der Waals surface area (Å²) in [5.74, 6) is -0.147. The zero-order valence-electron chi connectivity index (χ0n) is 11.7. The fourth-order valence-corrected chi connectivity index (χ4v) is 2.37. The lowest BCUT2D eigenvalue weighted by Gasteiger charge is -2.24. The number of nitrogens with zero attached hydrogens (tertiary/aromatic N) is 1. The summed E-state index contributed by atoms with van der Waals surface area (Å²) in [6.45, 7) is 1.03. The van der Waals surface area contributed by atoms with Gasteiger partial charge in [0, 0.05) is 23.2 Å². The van der Waals surface area contributed by atoms with Gasteiger partial charge in [-0.1, -0.05) is 22.0 Å². The summed E-state index contributed by atoms with van der Waals surface area (Å²) in [7, 11) is 1.44. The van der Waals surface area contributed by atoms with Crippen molar-refractivity contribution in [1.29, 1.82) is 0 Å². The van der Waals surface area contributed by atoms with Gasteiger partial charge in [0.2, 0.25) is 0 Å². The molecule has 0 saturated carbocycles. The van der Waals surface area contributed by atoms with E-state index in [1.54, 1.807) is 6.07 Å². The maximum Gasteiger partial charge on any atom is 0.165 e. The number of halogens is 2. The first-order valence-corrected chi connectivity index (χ1v) is 7.37. The molecular formula is C16H17BrFNO2. The summed E-state index contributed by atoms with van der Waals surface area (Å²) in [5.41, 5.74) is 1.80. The van der Waals surface area contributed by atoms with Crippen LogP contribution in [0.1, 0.15) is 5.56 Å². The van der Waals surface area contributed by atoms with Crippen LogP contribution in [0.4, 0.5) is 10.1 Å². The number of anilines is 1. The summed E-state index contributed by atoms with van der Waals surface area (Å²) in [4.78, 5) is 1.99. The van der Waals surface area contributed by atoms with Crippen LogP contribution in [0.25, 0.3) is 0 Å². The standard InChI is InChI=1S/C16H17BrFNO2/c1-21-16-7-2-12(10-15(16)18)11-19(8-9-20)14-5-3-13(17)4-6-14/h2-7,10,20H,8-9,11H2,1H3. The lowest BCUT2D eigenvalue weighted by atomic mass is 10.1. The average molecular weight is 354 g/mol. The molecule has 2 rings (SSSR count). The third kappa shape index (κ3) is 4.19. The first-order valence-electron chi connectivity index (χ1n) is 6.58. The van der Waals surface area contributed by atoms with Crippen LogP contribution in [0.3, 0.4) is 0 Å². The van der Waals surface area contributed by atoms with E-state index in [0.29, 0.717) is 13.1 Å². The normalized spacial score (nSPS) is 10.5. The van der Waals surface area contributed by atoms with Gasteiger partial charge in [-0.05, 0) is 42.0 Å². The second kappa shape index (κ2) is 7.43. The molecule has 0 saturated heterocycles. The zero-order chi connectivity index (χ0) is 15.2. The summed E-state index contributed by atoms with van der Waals surface area (Å²) < 4.78 is 19.7. The van der Waals surface area contributed by atoms with Gasteiger partial charge < -0.3 is 14.7 Å². The van der Waals surface area contributed by atoms with Crippen LogP contribution in [0, 0.1) is 5.82 Å². The van der Waals surface area contributed by atoms with Crippen molar-refractivity contribution in [2.75, 3.05) is 25.2 Å². The molecule has 0 amide bonds. The minimum atomic E-state index is -0.380. The van der Waals surface area contributed by atoms with Crippen LogP contribution >= 0.6 is 15.9 Å². The molecule has 0 spiro atoms. The molecule has 5 heteroatoms. The molecule has 3 nitrogen and oxygen atoms in total. The van der Waals surface area contributed by atoms with E-state index in [1.807, 2.05) is 35.2 Å². The SMILES string of the molecule is COc1ccc(CN(CCO)c2ccc(Br)cc2)cc1F. The Bertz CT molecular complexity index is 589. The molecule has 0 atom stereocenters. The van der Waals surface area contributed by atoms with E-state index >= 15 is 0 Å². The molecule has 0 aromatic heterocycles. The highest BCUT2D eigenvalue weighted by atomic mass is 79.9. The monoisotopic (exact) mass is 353 g/mol. The second-order valence-electron chi connectivity index (χ2n) is 4.59. The fraction of sp³-hybridized carbons (Fsp3) is 0.250. The Morgan fingerprint density at radius 3 is 2.48 bits per heavy atom. The molecule has 0 fully saturated rings. The summed E-state index contributed by atoms with van der Waals surface area (Å²) >= 11 is 3.39. The van der Waals surface area contributed by atoms with Crippen LogP contribution < -0.4 is 9.64 Å². The van der Waals surface area contributed by atoms with Crippen molar-refractivity contribution < 1.29 is 14.2 Å².